The molecule has 6 heteroatoms. The van der Waals surface area contributed by atoms with Crippen LogP contribution < -0.4 is 4.90 Å². The summed E-state index contributed by atoms with van der Waals surface area (Å²) >= 11 is 0. The molecule has 0 saturated carbocycles. The minimum Gasteiger partial charge on any atom is -0.378 e. The molecule has 2 heterocycles. The van der Waals surface area contributed by atoms with E-state index >= 15 is 0 Å². The minimum absolute atomic E-state index is 0.152. The summed E-state index contributed by atoms with van der Waals surface area (Å²) in [5.41, 5.74) is 3.99. The zero-order chi connectivity index (χ0) is 20.1. The molecule has 0 bridgehead atoms. The zero-order valence-corrected chi connectivity index (χ0v) is 17.4. The van der Waals surface area contributed by atoms with Gasteiger partial charge in [-0.1, -0.05) is 42.8 Å². The number of amides is 1. The lowest BCUT2D eigenvalue weighted by molar-refractivity contribution is -0.133. The van der Waals surface area contributed by atoms with Crippen LogP contribution in [0.5, 0.6) is 0 Å². The summed E-state index contributed by atoms with van der Waals surface area (Å²) in [6.07, 6.45) is 1.39. The van der Waals surface area contributed by atoms with Gasteiger partial charge in [-0.15, -0.1) is 0 Å². The average Bonchev–Trinajstić information content (AvgIpc) is 3.15. The van der Waals surface area contributed by atoms with Crippen LogP contribution in [0.15, 0.2) is 28.8 Å². The summed E-state index contributed by atoms with van der Waals surface area (Å²) in [5, 5.41) is 4.43. The first kappa shape index (κ1) is 20.4. The Bertz CT molecular complexity index is 796. The molecule has 1 amide bonds. The van der Waals surface area contributed by atoms with Crippen LogP contribution in [0.1, 0.15) is 44.7 Å². The molecule has 1 aliphatic rings. The van der Waals surface area contributed by atoms with Gasteiger partial charge in [-0.3, -0.25) is 4.79 Å². The largest absolute Gasteiger partial charge is 0.378 e. The van der Waals surface area contributed by atoms with Crippen LogP contribution in [0.4, 0.5) is 5.88 Å². The van der Waals surface area contributed by atoms with E-state index in [0.717, 1.165) is 42.2 Å². The van der Waals surface area contributed by atoms with E-state index in [-0.39, 0.29) is 11.9 Å². The number of anilines is 1. The molecule has 1 fully saturated rings. The number of hydrogen-bond donors (Lipinski definition) is 0. The van der Waals surface area contributed by atoms with Gasteiger partial charge in [0.05, 0.1) is 25.3 Å². The van der Waals surface area contributed by atoms with Gasteiger partial charge in [0.1, 0.15) is 5.69 Å². The van der Waals surface area contributed by atoms with E-state index in [1.807, 2.05) is 24.0 Å². The average molecular weight is 386 g/mol. The van der Waals surface area contributed by atoms with Crippen molar-refractivity contribution in [3.05, 3.63) is 35.4 Å². The third-order valence-corrected chi connectivity index (χ3v) is 5.43. The molecule has 1 saturated heterocycles. The van der Waals surface area contributed by atoms with Crippen LogP contribution in [-0.2, 0) is 16.1 Å². The molecule has 0 N–H and O–H groups in total. The fourth-order valence-corrected chi connectivity index (χ4v) is 3.56. The monoisotopic (exact) mass is 385 g/mol. The van der Waals surface area contributed by atoms with E-state index in [4.69, 9.17) is 9.26 Å². The lowest BCUT2D eigenvalue weighted by Gasteiger charge is -2.31. The summed E-state index contributed by atoms with van der Waals surface area (Å²) < 4.78 is 11.3. The van der Waals surface area contributed by atoms with Gasteiger partial charge in [0.15, 0.2) is 0 Å². The van der Waals surface area contributed by atoms with Gasteiger partial charge in [0.2, 0.25) is 11.8 Å². The van der Waals surface area contributed by atoms with Crippen molar-refractivity contribution in [1.29, 1.82) is 0 Å². The Kier molecular flexibility index (Phi) is 6.73. The van der Waals surface area contributed by atoms with Crippen LogP contribution in [-0.4, -0.2) is 48.3 Å². The predicted molar refractivity (Wildman–Crippen MR) is 110 cm³/mol. The lowest BCUT2D eigenvalue weighted by Crippen LogP contribution is -2.39. The number of rotatable bonds is 7. The van der Waals surface area contributed by atoms with Gasteiger partial charge in [0, 0.05) is 31.1 Å². The van der Waals surface area contributed by atoms with Crippen molar-refractivity contribution < 1.29 is 14.1 Å². The lowest BCUT2D eigenvalue weighted by atomic mass is 10.0. The first-order chi connectivity index (χ1) is 13.5. The molecule has 0 aliphatic carbocycles. The molecular weight excluding hydrogens is 354 g/mol. The Morgan fingerprint density at radius 3 is 2.68 bits per heavy atom. The van der Waals surface area contributed by atoms with Crippen molar-refractivity contribution in [3.8, 4) is 11.3 Å². The molecule has 1 atom stereocenters. The van der Waals surface area contributed by atoms with Gasteiger partial charge in [-0.05, 0) is 26.3 Å². The molecule has 28 heavy (non-hydrogen) atoms. The van der Waals surface area contributed by atoms with Crippen LogP contribution in [0.2, 0.25) is 0 Å². The number of aromatic nitrogens is 1. The topological polar surface area (TPSA) is 58.8 Å². The Labute approximate surface area is 167 Å². The Morgan fingerprint density at radius 2 is 2.04 bits per heavy atom. The van der Waals surface area contributed by atoms with E-state index in [2.05, 4.69) is 43.0 Å². The summed E-state index contributed by atoms with van der Waals surface area (Å²) in [4.78, 5) is 16.8. The van der Waals surface area contributed by atoms with Crippen LogP contribution in [0.3, 0.4) is 0 Å². The molecule has 0 spiro atoms. The Balaban J connectivity index is 2.04. The van der Waals surface area contributed by atoms with Crippen molar-refractivity contribution in [1.82, 2.24) is 10.1 Å². The standard InChI is InChI=1S/C22H31N3O3/c1-5-17(4)25(20(26)6-2)15-19-21(18-9-7-8-16(3)14-18)23-28-22(19)24-10-12-27-13-11-24/h7-9,14,17H,5-6,10-13,15H2,1-4H3. The van der Waals surface area contributed by atoms with Crippen LogP contribution >= 0.6 is 0 Å². The fourth-order valence-electron chi connectivity index (χ4n) is 3.56. The SMILES string of the molecule is CCC(=O)N(Cc1c(-c2cccc(C)c2)noc1N1CCOCC1)C(C)CC. The molecule has 1 unspecified atom stereocenters. The summed E-state index contributed by atoms with van der Waals surface area (Å²) in [5.74, 6) is 0.913. The Hall–Kier alpha value is -2.34. The van der Waals surface area contributed by atoms with Gasteiger partial charge in [-0.2, -0.15) is 0 Å². The smallest absolute Gasteiger partial charge is 0.233 e. The third kappa shape index (κ3) is 4.38. The maximum absolute atomic E-state index is 12.7. The zero-order valence-electron chi connectivity index (χ0n) is 17.4. The van der Waals surface area contributed by atoms with Crippen molar-refractivity contribution >= 4 is 11.8 Å². The van der Waals surface area contributed by atoms with E-state index in [1.54, 1.807) is 0 Å². The summed E-state index contributed by atoms with van der Waals surface area (Å²) in [6, 6.07) is 8.41. The third-order valence-electron chi connectivity index (χ3n) is 5.43. The quantitative estimate of drug-likeness (QED) is 0.720. The van der Waals surface area contributed by atoms with Crippen molar-refractivity contribution in [2.24, 2.45) is 0 Å². The van der Waals surface area contributed by atoms with E-state index in [9.17, 15) is 4.79 Å². The highest BCUT2D eigenvalue weighted by Gasteiger charge is 2.28. The van der Waals surface area contributed by atoms with Gasteiger partial charge in [0.25, 0.3) is 0 Å². The molecule has 2 aromatic rings. The second kappa shape index (κ2) is 9.24. The molecule has 152 valence electrons. The summed E-state index contributed by atoms with van der Waals surface area (Å²) in [7, 11) is 0. The number of ether oxygens (including phenoxy) is 1. The highest BCUT2D eigenvalue weighted by Crippen LogP contribution is 2.34. The van der Waals surface area contributed by atoms with Crippen LogP contribution in [0.25, 0.3) is 11.3 Å². The molecule has 1 aromatic carbocycles. The normalized spacial score (nSPS) is 15.5. The first-order valence-corrected chi connectivity index (χ1v) is 10.2. The molecule has 1 aromatic heterocycles. The number of morpholine rings is 1. The van der Waals surface area contributed by atoms with E-state index in [0.29, 0.717) is 26.2 Å². The van der Waals surface area contributed by atoms with Crippen molar-refractivity contribution in [3.63, 3.8) is 0 Å². The molecule has 3 rings (SSSR count). The summed E-state index contributed by atoms with van der Waals surface area (Å²) in [6.45, 7) is 11.6. The number of benzene rings is 1. The second-order valence-electron chi connectivity index (χ2n) is 7.42. The molecule has 6 nitrogen and oxygen atoms in total. The second-order valence-corrected chi connectivity index (χ2v) is 7.42. The number of hydrogen-bond acceptors (Lipinski definition) is 5. The van der Waals surface area contributed by atoms with Gasteiger partial charge >= 0.3 is 0 Å². The minimum atomic E-state index is 0.152. The first-order valence-electron chi connectivity index (χ1n) is 10.2. The number of carbonyl (C=O) groups is 1. The predicted octanol–water partition coefficient (Wildman–Crippen LogP) is 4.02. The number of nitrogens with zero attached hydrogens (tertiary/aromatic N) is 3. The molecular formula is C22H31N3O3. The van der Waals surface area contributed by atoms with E-state index < -0.39 is 0 Å². The number of carbonyl (C=O) groups excluding carboxylic acids is 1. The Morgan fingerprint density at radius 1 is 1.29 bits per heavy atom. The highest BCUT2D eigenvalue weighted by atomic mass is 16.5. The number of aryl methyl sites for hydroxylation is 1. The van der Waals surface area contributed by atoms with E-state index in [1.165, 1.54) is 5.56 Å². The highest BCUT2D eigenvalue weighted by molar-refractivity contribution is 5.77. The molecule has 1 aliphatic heterocycles. The van der Waals surface area contributed by atoms with Crippen LogP contribution in [0, 0.1) is 6.92 Å². The molecule has 0 radical (unpaired) electrons. The maximum atomic E-state index is 12.7. The van der Waals surface area contributed by atoms with Crippen molar-refractivity contribution in [2.75, 3.05) is 31.2 Å². The van der Waals surface area contributed by atoms with Gasteiger partial charge < -0.3 is 19.1 Å². The van der Waals surface area contributed by atoms with Crippen molar-refractivity contribution in [2.45, 2.75) is 53.1 Å². The van der Waals surface area contributed by atoms with Gasteiger partial charge in [-0.25, -0.2) is 0 Å². The fraction of sp³-hybridized carbons (Fsp3) is 0.545. The maximum Gasteiger partial charge on any atom is 0.233 e.